The average Bonchev–Trinajstić information content (AvgIpc) is 2.82. The van der Waals surface area contributed by atoms with Gasteiger partial charge in [-0.15, -0.1) is 11.3 Å². The summed E-state index contributed by atoms with van der Waals surface area (Å²) >= 11 is 6.45. The van der Waals surface area contributed by atoms with Crippen LogP contribution in [0.4, 0.5) is 13.2 Å². The van der Waals surface area contributed by atoms with Crippen molar-refractivity contribution in [2.75, 3.05) is 0 Å². The summed E-state index contributed by atoms with van der Waals surface area (Å²) in [7, 11) is 0. The Kier molecular flexibility index (Phi) is 4.04. The van der Waals surface area contributed by atoms with Crippen LogP contribution in [0.1, 0.15) is 21.6 Å². The predicted molar refractivity (Wildman–Crippen MR) is 65.5 cm³/mol. The van der Waals surface area contributed by atoms with Gasteiger partial charge in [0.2, 0.25) is 0 Å². The molecule has 1 unspecified atom stereocenters. The standard InChI is InChI=1S/C10H8ClF3N4S/c11-5-2-1-3-16-7(5)8(18-15)6-4-17-9(19-6)10(12,13)14/h1-4,8,18H,15H2. The Hall–Kier alpha value is -1.22. The van der Waals surface area contributed by atoms with Crippen molar-refractivity contribution in [3.63, 3.8) is 0 Å². The van der Waals surface area contributed by atoms with Gasteiger partial charge in [0, 0.05) is 17.3 Å². The topological polar surface area (TPSA) is 63.8 Å². The van der Waals surface area contributed by atoms with E-state index in [1.165, 1.54) is 6.20 Å². The van der Waals surface area contributed by atoms with Crippen LogP contribution >= 0.6 is 22.9 Å². The maximum absolute atomic E-state index is 12.5. The summed E-state index contributed by atoms with van der Waals surface area (Å²) in [4.78, 5) is 7.65. The lowest BCUT2D eigenvalue weighted by Crippen LogP contribution is -2.29. The Morgan fingerprint density at radius 3 is 2.63 bits per heavy atom. The van der Waals surface area contributed by atoms with Gasteiger partial charge in [-0.3, -0.25) is 10.8 Å². The summed E-state index contributed by atoms with van der Waals surface area (Å²) in [5.41, 5.74) is 2.75. The quantitative estimate of drug-likeness (QED) is 0.676. The lowest BCUT2D eigenvalue weighted by molar-refractivity contribution is -0.137. The molecule has 3 N–H and O–H groups in total. The third-order valence-corrected chi connectivity index (χ3v) is 3.70. The summed E-state index contributed by atoms with van der Waals surface area (Å²) in [6, 6.07) is 2.47. The van der Waals surface area contributed by atoms with Crippen molar-refractivity contribution in [3.8, 4) is 0 Å². The van der Waals surface area contributed by atoms with Crippen LogP contribution in [0.5, 0.6) is 0 Å². The molecule has 4 nitrogen and oxygen atoms in total. The summed E-state index contributed by atoms with van der Waals surface area (Å²) < 4.78 is 37.5. The molecule has 102 valence electrons. The zero-order valence-electron chi connectivity index (χ0n) is 9.28. The molecule has 0 aliphatic rings. The molecule has 2 aromatic rings. The van der Waals surface area contributed by atoms with Crippen molar-refractivity contribution < 1.29 is 13.2 Å². The van der Waals surface area contributed by atoms with E-state index in [4.69, 9.17) is 17.4 Å². The molecule has 0 aliphatic carbocycles. The molecule has 2 aromatic heterocycles. The van der Waals surface area contributed by atoms with Crippen LogP contribution in [0.25, 0.3) is 0 Å². The molecule has 0 bridgehead atoms. The highest BCUT2D eigenvalue weighted by Gasteiger charge is 2.35. The number of nitrogens with two attached hydrogens (primary N) is 1. The van der Waals surface area contributed by atoms with E-state index >= 15 is 0 Å². The van der Waals surface area contributed by atoms with Crippen molar-refractivity contribution in [2.45, 2.75) is 12.2 Å². The molecule has 0 saturated carbocycles. The van der Waals surface area contributed by atoms with Crippen LogP contribution < -0.4 is 11.3 Å². The predicted octanol–water partition coefficient (Wildman–Crippen LogP) is 2.76. The molecule has 0 aromatic carbocycles. The van der Waals surface area contributed by atoms with Gasteiger partial charge in [0.15, 0.2) is 5.01 Å². The molecule has 1 atom stereocenters. The number of thiazole rings is 1. The van der Waals surface area contributed by atoms with Gasteiger partial charge in [0.05, 0.1) is 10.7 Å². The number of nitrogens with zero attached hydrogens (tertiary/aromatic N) is 2. The number of hydrogen-bond acceptors (Lipinski definition) is 5. The highest BCUT2D eigenvalue weighted by Crippen LogP contribution is 2.36. The number of rotatable bonds is 3. The number of hydrazine groups is 1. The molecule has 2 heterocycles. The fourth-order valence-corrected chi connectivity index (χ4v) is 2.54. The van der Waals surface area contributed by atoms with Crippen molar-refractivity contribution in [3.05, 3.63) is 45.1 Å². The Morgan fingerprint density at radius 2 is 2.11 bits per heavy atom. The zero-order chi connectivity index (χ0) is 14.0. The van der Waals surface area contributed by atoms with E-state index in [-0.39, 0.29) is 4.88 Å². The fourth-order valence-electron chi connectivity index (χ4n) is 1.46. The largest absolute Gasteiger partial charge is 0.443 e. The van der Waals surface area contributed by atoms with E-state index in [0.29, 0.717) is 22.1 Å². The van der Waals surface area contributed by atoms with Crippen LogP contribution in [0.15, 0.2) is 24.5 Å². The van der Waals surface area contributed by atoms with Gasteiger partial charge >= 0.3 is 6.18 Å². The molecule has 0 saturated heterocycles. The fraction of sp³-hybridized carbons (Fsp3) is 0.200. The van der Waals surface area contributed by atoms with Crippen LogP contribution in [0.3, 0.4) is 0 Å². The van der Waals surface area contributed by atoms with Crippen LogP contribution in [0, 0.1) is 0 Å². The maximum Gasteiger partial charge on any atom is 0.443 e. The summed E-state index contributed by atoms with van der Waals surface area (Å²) in [6.07, 6.45) is -1.88. The van der Waals surface area contributed by atoms with Crippen molar-refractivity contribution in [1.82, 2.24) is 15.4 Å². The Labute approximate surface area is 115 Å². The first-order chi connectivity index (χ1) is 8.93. The highest BCUT2D eigenvalue weighted by molar-refractivity contribution is 7.11. The molecule has 0 spiro atoms. The maximum atomic E-state index is 12.5. The molecule has 0 amide bonds. The van der Waals surface area contributed by atoms with Gasteiger partial charge < -0.3 is 0 Å². The first-order valence-electron chi connectivity index (χ1n) is 5.03. The molecule has 0 fully saturated rings. The summed E-state index contributed by atoms with van der Waals surface area (Å²) in [5.74, 6) is 5.37. The normalized spacial score (nSPS) is 13.5. The minimum absolute atomic E-state index is 0.287. The third kappa shape index (κ3) is 3.03. The van der Waals surface area contributed by atoms with E-state index in [9.17, 15) is 13.2 Å². The van der Waals surface area contributed by atoms with Crippen LogP contribution in [-0.2, 0) is 6.18 Å². The summed E-state index contributed by atoms with van der Waals surface area (Å²) in [5, 5.41) is -0.623. The smallest absolute Gasteiger partial charge is 0.270 e. The number of pyridine rings is 1. The van der Waals surface area contributed by atoms with Crippen LogP contribution in [-0.4, -0.2) is 9.97 Å². The van der Waals surface area contributed by atoms with Crippen molar-refractivity contribution in [1.29, 1.82) is 0 Å². The first-order valence-corrected chi connectivity index (χ1v) is 6.22. The Bertz CT molecular complexity index is 572. The van der Waals surface area contributed by atoms with Crippen molar-refractivity contribution in [2.24, 2.45) is 5.84 Å². The Morgan fingerprint density at radius 1 is 1.37 bits per heavy atom. The number of halogens is 4. The lowest BCUT2D eigenvalue weighted by Gasteiger charge is -2.14. The van der Waals surface area contributed by atoms with E-state index in [1.54, 1.807) is 12.1 Å². The molecule has 19 heavy (non-hydrogen) atoms. The van der Waals surface area contributed by atoms with Crippen molar-refractivity contribution >= 4 is 22.9 Å². The molecular formula is C10H8ClF3N4S. The molecule has 9 heteroatoms. The number of hydrogen-bond donors (Lipinski definition) is 2. The minimum atomic E-state index is -4.48. The molecule has 0 radical (unpaired) electrons. The van der Waals surface area contributed by atoms with E-state index in [0.717, 1.165) is 6.20 Å². The number of nitrogens with one attached hydrogen (secondary N) is 1. The van der Waals surface area contributed by atoms with Gasteiger partial charge in [-0.25, -0.2) is 10.4 Å². The minimum Gasteiger partial charge on any atom is -0.270 e. The third-order valence-electron chi connectivity index (χ3n) is 2.28. The van der Waals surface area contributed by atoms with E-state index < -0.39 is 17.2 Å². The molecule has 2 rings (SSSR count). The Balaban J connectivity index is 2.38. The van der Waals surface area contributed by atoms with Gasteiger partial charge in [-0.05, 0) is 12.1 Å². The summed E-state index contributed by atoms with van der Waals surface area (Å²) in [6.45, 7) is 0. The SMILES string of the molecule is NNC(c1cnc(C(F)(F)F)s1)c1ncccc1Cl. The second-order valence-corrected chi connectivity index (χ2v) is 5.01. The van der Waals surface area contributed by atoms with Gasteiger partial charge in [-0.1, -0.05) is 11.6 Å². The second-order valence-electron chi connectivity index (χ2n) is 3.54. The molecular weight excluding hydrogens is 301 g/mol. The van der Waals surface area contributed by atoms with Gasteiger partial charge in [-0.2, -0.15) is 13.2 Å². The van der Waals surface area contributed by atoms with Gasteiger partial charge in [0.25, 0.3) is 0 Å². The monoisotopic (exact) mass is 308 g/mol. The van der Waals surface area contributed by atoms with Gasteiger partial charge in [0.1, 0.15) is 6.04 Å². The zero-order valence-corrected chi connectivity index (χ0v) is 10.9. The first kappa shape index (κ1) is 14.2. The average molecular weight is 309 g/mol. The lowest BCUT2D eigenvalue weighted by atomic mass is 10.2. The van der Waals surface area contributed by atoms with E-state index in [2.05, 4.69) is 15.4 Å². The molecule has 0 aliphatic heterocycles. The van der Waals surface area contributed by atoms with Crippen LogP contribution in [0.2, 0.25) is 5.02 Å². The number of aromatic nitrogens is 2. The number of alkyl halides is 3. The highest BCUT2D eigenvalue weighted by atomic mass is 35.5. The van der Waals surface area contributed by atoms with E-state index in [1.807, 2.05) is 0 Å². The second kappa shape index (κ2) is 5.41.